The molecule has 3 rings (SSSR count). The van der Waals surface area contributed by atoms with Crippen molar-refractivity contribution in [3.05, 3.63) is 45.7 Å². The zero-order valence-corrected chi connectivity index (χ0v) is 12.2. The third kappa shape index (κ3) is 2.52. The van der Waals surface area contributed by atoms with Gasteiger partial charge in [-0.05, 0) is 37.8 Å². The smallest absolute Gasteiger partial charge is 0.192 e. The highest BCUT2D eigenvalue weighted by Gasteiger charge is 2.18. The molecule has 2 heteroatoms. The van der Waals surface area contributed by atoms with Gasteiger partial charge < -0.3 is 4.98 Å². The van der Waals surface area contributed by atoms with Crippen LogP contribution in [0.1, 0.15) is 62.1 Å². The Labute approximate surface area is 120 Å². The molecule has 2 aromatic rings. The molecule has 0 amide bonds. The number of aromatic nitrogens is 1. The van der Waals surface area contributed by atoms with E-state index in [2.05, 4.69) is 4.98 Å². The molecule has 1 aromatic heterocycles. The summed E-state index contributed by atoms with van der Waals surface area (Å²) in [6.07, 6.45) is 9.07. The van der Waals surface area contributed by atoms with Crippen LogP contribution in [-0.4, -0.2) is 4.98 Å². The largest absolute Gasteiger partial charge is 0.358 e. The number of para-hydroxylation sites is 1. The Hall–Kier alpha value is -1.57. The van der Waals surface area contributed by atoms with Gasteiger partial charge in [0.15, 0.2) is 5.43 Å². The van der Waals surface area contributed by atoms with Crippen molar-refractivity contribution in [1.29, 1.82) is 0 Å². The second kappa shape index (κ2) is 5.82. The standard InChI is InChI=1S/C18H23NO/c1-13-17(14-9-5-3-2-4-6-10-14)19-16-12-8-7-11-15(16)18(13)20/h7-8,11-12,14H,2-6,9-10H2,1H3,(H,19,20). The van der Waals surface area contributed by atoms with Crippen LogP contribution in [0.4, 0.5) is 0 Å². The van der Waals surface area contributed by atoms with Crippen molar-refractivity contribution >= 4 is 10.9 Å². The first-order chi connectivity index (χ1) is 9.77. The first kappa shape index (κ1) is 13.4. The molecule has 106 valence electrons. The van der Waals surface area contributed by atoms with Crippen molar-refractivity contribution in [1.82, 2.24) is 4.98 Å². The Bertz CT molecular complexity index is 648. The minimum atomic E-state index is 0.205. The molecule has 1 aliphatic rings. The van der Waals surface area contributed by atoms with Crippen molar-refractivity contribution in [2.45, 2.75) is 57.8 Å². The van der Waals surface area contributed by atoms with Crippen LogP contribution in [0.15, 0.2) is 29.1 Å². The summed E-state index contributed by atoms with van der Waals surface area (Å²) in [5.41, 5.74) is 3.31. The van der Waals surface area contributed by atoms with Crippen LogP contribution < -0.4 is 5.43 Å². The summed E-state index contributed by atoms with van der Waals surface area (Å²) in [6.45, 7) is 1.99. The van der Waals surface area contributed by atoms with Gasteiger partial charge in [-0.25, -0.2) is 0 Å². The summed E-state index contributed by atoms with van der Waals surface area (Å²) in [5.74, 6) is 0.535. The maximum absolute atomic E-state index is 12.5. The predicted molar refractivity (Wildman–Crippen MR) is 84.4 cm³/mol. The molecule has 0 radical (unpaired) electrons. The van der Waals surface area contributed by atoms with Crippen molar-refractivity contribution in [2.24, 2.45) is 0 Å². The number of H-pyrrole nitrogens is 1. The van der Waals surface area contributed by atoms with E-state index in [4.69, 9.17) is 0 Å². The lowest BCUT2D eigenvalue weighted by Gasteiger charge is -2.22. The second-order valence-electron chi connectivity index (χ2n) is 6.08. The average Bonchev–Trinajstić information content (AvgIpc) is 2.43. The van der Waals surface area contributed by atoms with Crippen LogP contribution >= 0.6 is 0 Å². The summed E-state index contributed by atoms with van der Waals surface area (Å²) in [7, 11) is 0. The number of nitrogens with one attached hydrogen (secondary N) is 1. The van der Waals surface area contributed by atoms with Crippen molar-refractivity contribution < 1.29 is 0 Å². The highest BCUT2D eigenvalue weighted by Crippen LogP contribution is 2.31. The molecule has 0 bridgehead atoms. The molecular weight excluding hydrogens is 246 g/mol. The summed E-state index contributed by atoms with van der Waals surface area (Å²) in [5, 5.41) is 0.819. The zero-order valence-electron chi connectivity index (χ0n) is 12.2. The molecular formula is C18H23NO. The first-order valence-electron chi connectivity index (χ1n) is 7.89. The minimum Gasteiger partial charge on any atom is -0.358 e. The number of rotatable bonds is 1. The number of aromatic amines is 1. The highest BCUT2D eigenvalue weighted by molar-refractivity contribution is 5.79. The van der Waals surface area contributed by atoms with E-state index < -0.39 is 0 Å². The van der Waals surface area contributed by atoms with Gasteiger partial charge >= 0.3 is 0 Å². The maximum atomic E-state index is 12.5. The molecule has 1 saturated carbocycles. The van der Waals surface area contributed by atoms with Gasteiger partial charge in [-0.3, -0.25) is 4.79 Å². The van der Waals surface area contributed by atoms with Crippen LogP contribution in [0.25, 0.3) is 10.9 Å². The number of hydrogen-bond acceptors (Lipinski definition) is 1. The Morgan fingerprint density at radius 3 is 2.40 bits per heavy atom. The highest BCUT2D eigenvalue weighted by atomic mass is 16.1. The molecule has 1 N–H and O–H groups in total. The molecule has 1 aromatic carbocycles. The molecule has 1 heterocycles. The lowest BCUT2D eigenvalue weighted by Crippen LogP contribution is -2.15. The quantitative estimate of drug-likeness (QED) is 0.802. The van der Waals surface area contributed by atoms with Crippen molar-refractivity contribution in [3.63, 3.8) is 0 Å². The fourth-order valence-corrected chi connectivity index (χ4v) is 3.51. The van der Waals surface area contributed by atoms with Gasteiger partial charge in [0.25, 0.3) is 0 Å². The van der Waals surface area contributed by atoms with Gasteiger partial charge in [-0.1, -0.05) is 44.2 Å². The van der Waals surface area contributed by atoms with Crippen LogP contribution in [-0.2, 0) is 0 Å². The summed E-state index contributed by atoms with van der Waals surface area (Å²) >= 11 is 0. The summed E-state index contributed by atoms with van der Waals surface area (Å²) < 4.78 is 0. The molecule has 0 unspecified atom stereocenters. The fourth-order valence-electron chi connectivity index (χ4n) is 3.51. The Morgan fingerprint density at radius 2 is 1.65 bits per heavy atom. The third-order valence-corrected chi connectivity index (χ3v) is 4.70. The SMILES string of the molecule is Cc1c(C2CCCCCCC2)[nH]c2ccccc2c1=O. The van der Waals surface area contributed by atoms with Gasteiger partial charge in [0.2, 0.25) is 0 Å². The zero-order chi connectivity index (χ0) is 13.9. The van der Waals surface area contributed by atoms with Gasteiger partial charge in [0.1, 0.15) is 0 Å². The predicted octanol–water partition coefficient (Wildman–Crippen LogP) is 4.66. The molecule has 0 aliphatic heterocycles. The molecule has 0 atom stereocenters. The lowest BCUT2D eigenvalue weighted by atomic mass is 9.86. The van der Waals surface area contributed by atoms with E-state index in [9.17, 15) is 4.79 Å². The van der Waals surface area contributed by atoms with Gasteiger partial charge in [-0.15, -0.1) is 0 Å². The second-order valence-corrected chi connectivity index (χ2v) is 6.08. The van der Waals surface area contributed by atoms with Crippen LogP contribution in [0.5, 0.6) is 0 Å². The van der Waals surface area contributed by atoms with Crippen LogP contribution in [0.2, 0.25) is 0 Å². The molecule has 20 heavy (non-hydrogen) atoms. The normalized spacial score (nSPS) is 17.9. The summed E-state index contributed by atoms with van der Waals surface area (Å²) in [4.78, 5) is 16.1. The van der Waals surface area contributed by atoms with E-state index in [1.807, 2.05) is 31.2 Å². The van der Waals surface area contributed by atoms with E-state index in [-0.39, 0.29) is 5.43 Å². The Morgan fingerprint density at radius 1 is 1.00 bits per heavy atom. The summed E-state index contributed by atoms with van der Waals surface area (Å²) in [6, 6.07) is 7.87. The van der Waals surface area contributed by atoms with Crippen molar-refractivity contribution in [2.75, 3.05) is 0 Å². The van der Waals surface area contributed by atoms with Gasteiger partial charge in [-0.2, -0.15) is 0 Å². The van der Waals surface area contributed by atoms with Crippen LogP contribution in [0, 0.1) is 6.92 Å². The van der Waals surface area contributed by atoms with Gasteiger partial charge in [0.05, 0.1) is 0 Å². The fraction of sp³-hybridized carbons (Fsp3) is 0.500. The Kier molecular flexibility index (Phi) is 3.90. The average molecular weight is 269 g/mol. The number of benzene rings is 1. The lowest BCUT2D eigenvalue weighted by molar-refractivity contribution is 0.449. The molecule has 0 spiro atoms. The number of hydrogen-bond donors (Lipinski definition) is 1. The van der Waals surface area contributed by atoms with E-state index >= 15 is 0 Å². The molecule has 1 fully saturated rings. The van der Waals surface area contributed by atoms with Crippen LogP contribution in [0.3, 0.4) is 0 Å². The first-order valence-corrected chi connectivity index (χ1v) is 7.89. The maximum Gasteiger partial charge on any atom is 0.192 e. The third-order valence-electron chi connectivity index (χ3n) is 4.70. The van der Waals surface area contributed by atoms with Crippen molar-refractivity contribution in [3.8, 4) is 0 Å². The minimum absolute atomic E-state index is 0.205. The van der Waals surface area contributed by atoms with E-state index in [1.165, 1.54) is 50.6 Å². The van der Waals surface area contributed by atoms with Gasteiger partial charge in [0, 0.05) is 22.2 Å². The number of fused-ring (bicyclic) bond motifs is 1. The van der Waals surface area contributed by atoms with E-state index in [0.717, 1.165) is 16.5 Å². The van der Waals surface area contributed by atoms with E-state index in [1.54, 1.807) is 0 Å². The number of pyridine rings is 1. The molecule has 1 aliphatic carbocycles. The topological polar surface area (TPSA) is 32.9 Å². The Balaban J connectivity index is 2.05. The molecule has 2 nitrogen and oxygen atoms in total. The monoisotopic (exact) mass is 269 g/mol. The van der Waals surface area contributed by atoms with E-state index in [0.29, 0.717) is 5.92 Å². The molecule has 0 saturated heterocycles.